The number of carbonyl (C=O) groups excluding carboxylic acids is 1. The minimum Gasteiger partial charge on any atom is -0.384 e. The standard InChI is InChI=1S/C21H31BrF2O2/c1-20-8-6-14-13-7-9-21(26,19(23)24)10-12(13)2-3-15(14)16(20)4-5-17(20)18(25)11-22/h12-17,19,26H,2-11H2,1H3/t12-,13+,14-,15-,16+,17-,20+,21-/m1/s1. The third kappa shape index (κ3) is 2.82. The molecule has 0 aromatic heterocycles. The van der Waals surface area contributed by atoms with Crippen LogP contribution < -0.4 is 0 Å². The number of hydrogen-bond donors (Lipinski definition) is 1. The van der Waals surface area contributed by atoms with E-state index in [-0.39, 0.29) is 30.1 Å². The Labute approximate surface area is 163 Å². The van der Waals surface area contributed by atoms with Gasteiger partial charge in [-0.2, -0.15) is 0 Å². The van der Waals surface area contributed by atoms with Crippen molar-refractivity contribution < 1.29 is 18.7 Å². The van der Waals surface area contributed by atoms with Gasteiger partial charge in [-0.1, -0.05) is 22.9 Å². The average molecular weight is 433 g/mol. The molecule has 4 fully saturated rings. The van der Waals surface area contributed by atoms with Gasteiger partial charge >= 0.3 is 0 Å². The Morgan fingerprint density at radius 3 is 2.50 bits per heavy atom. The predicted molar refractivity (Wildman–Crippen MR) is 100 cm³/mol. The van der Waals surface area contributed by atoms with E-state index < -0.39 is 12.0 Å². The van der Waals surface area contributed by atoms with Crippen LogP contribution in [0.15, 0.2) is 0 Å². The number of alkyl halides is 3. The van der Waals surface area contributed by atoms with E-state index in [4.69, 9.17) is 0 Å². The van der Waals surface area contributed by atoms with Crippen LogP contribution in [0.5, 0.6) is 0 Å². The topological polar surface area (TPSA) is 37.3 Å². The largest absolute Gasteiger partial charge is 0.384 e. The Kier molecular flexibility index (Phi) is 5.04. The highest BCUT2D eigenvalue weighted by molar-refractivity contribution is 9.09. The summed E-state index contributed by atoms with van der Waals surface area (Å²) in [5.74, 6) is 3.21. The van der Waals surface area contributed by atoms with E-state index in [2.05, 4.69) is 22.9 Å². The summed E-state index contributed by atoms with van der Waals surface area (Å²) in [4.78, 5) is 12.5. The van der Waals surface area contributed by atoms with Crippen LogP contribution in [0.1, 0.15) is 64.7 Å². The monoisotopic (exact) mass is 432 g/mol. The Balaban J connectivity index is 1.52. The molecule has 0 unspecified atom stereocenters. The predicted octanol–water partition coefficient (Wildman–Crippen LogP) is 5.22. The molecule has 0 radical (unpaired) electrons. The maximum atomic E-state index is 13.3. The molecule has 8 atom stereocenters. The molecule has 4 aliphatic carbocycles. The van der Waals surface area contributed by atoms with Crippen LogP contribution in [0.3, 0.4) is 0 Å². The lowest BCUT2D eigenvalue weighted by molar-refractivity contribution is -0.160. The van der Waals surface area contributed by atoms with Crippen molar-refractivity contribution in [2.24, 2.45) is 40.9 Å². The fraction of sp³-hybridized carbons (Fsp3) is 0.952. The molecule has 0 spiro atoms. The van der Waals surface area contributed by atoms with E-state index in [9.17, 15) is 18.7 Å². The average Bonchev–Trinajstić information content (AvgIpc) is 2.97. The number of Topliss-reactive ketones (excluding diaryl/α,β-unsaturated/α-hetero) is 1. The van der Waals surface area contributed by atoms with E-state index >= 15 is 0 Å². The summed E-state index contributed by atoms with van der Waals surface area (Å²) in [7, 11) is 0. The van der Waals surface area contributed by atoms with Gasteiger partial charge in [0.25, 0.3) is 6.43 Å². The molecule has 4 rings (SSSR count). The van der Waals surface area contributed by atoms with Gasteiger partial charge in [0.1, 0.15) is 11.4 Å². The fourth-order valence-corrected chi connectivity index (χ4v) is 8.12. The molecule has 2 nitrogen and oxygen atoms in total. The number of ketones is 1. The Morgan fingerprint density at radius 2 is 1.81 bits per heavy atom. The molecule has 0 amide bonds. The molecule has 26 heavy (non-hydrogen) atoms. The number of rotatable bonds is 3. The first-order valence-corrected chi connectivity index (χ1v) is 11.5. The highest BCUT2D eigenvalue weighted by Crippen LogP contribution is 2.64. The van der Waals surface area contributed by atoms with Crippen LogP contribution in [0.25, 0.3) is 0 Å². The highest BCUT2D eigenvalue weighted by Gasteiger charge is 2.59. The van der Waals surface area contributed by atoms with E-state index in [1.54, 1.807) is 0 Å². The SMILES string of the molecule is C[C@]12CC[C@H]3[C@@H](CC[C@@H]4C[C@@](O)(C(F)F)CC[C@@H]43)[C@@H]1CC[C@@H]2C(=O)CBr. The van der Waals surface area contributed by atoms with E-state index in [1.807, 2.05) is 0 Å². The molecular weight excluding hydrogens is 402 g/mol. The first kappa shape index (κ1) is 19.3. The number of hydrogen-bond acceptors (Lipinski definition) is 2. The molecule has 1 N–H and O–H groups in total. The summed E-state index contributed by atoms with van der Waals surface area (Å²) in [5, 5.41) is 10.8. The number of carbonyl (C=O) groups is 1. The normalized spacial score (nSPS) is 50.8. The summed E-state index contributed by atoms with van der Waals surface area (Å²) in [6.45, 7) is 2.34. The van der Waals surface area contributed by atoms with Gasteiger partial charge < -0.3 is 5.11 Å². The van der Waals surface area contributed by atoms with Gasteiger partial charge in [-0.15, -0.1) is 0 Å². The fourth-order valence-electron chi connectivity index (χ4n) is 7.73. The van der Waals surface area contributed by atoms with Crippen LogP contribution in [-0.2, 0) is 4.79 Å². The summed E-state index contributed by atoms with van der Waals surface area (Å²) >= 11 is 3.37. The lowest BCUT2D eigenvalue weighted by Crippen LogP contribution is -2.53. The highest BCUT2D eigenvalue weighted by atomic mass is 79.9. The minimum absolute atomic E-state index is 0.136. The van der Waals surface area contributed by atoms with Gasteiger partial charge in [0.15, 0.2) is 0 Å². The molecule has 0 saturated heterocycles. The van der Waals surface area contributed by atoms with Crippen molar-refractivity contribution in [3.63, 3.8) is 0 Å². The second-order valence-corrected chi connectivity index (χ2v) is 10.4. The van der Waals surface area contributed by atoms with Crippen LogP contribution in [0, 0.1) is 40.9 Å². The van der Waals surface area contributed by atoms with Crippen LogP contribution >= 0.6 is 15.9 Å². The van der Waals surface area contributed by atoms with E-state index in [0.29, 0.717) is 34.8 Å². The van der Waals surface area contributed by atoms with Crippen LogP contribution in [-0.4, -0.2) is 28.2 Å². The second kappa shape index (κ2) is 6.79. The smallest absolute Gasteiger partial charge is 0.266 e. The molecule has 0 aromatic carbocycles. The zero-order chi connectivity index (χ0) is 18.7. The molecule has 4 saturated carbocycles. The lowest BCUT2D eigenvalue weighted by atomic mass is 9.49. The molecule has 5 heteroatoms. The lowest BCUT2D eigenvalue weighted by Gasteiger charge is -2.57. The van der Waals surface area contributed by atoms with Gasteiger partial charge in [-0.25, -0.2) is 8.78 Å². The molecule has 4 aliphatic rings. The van der Waals surface area contributed by atoms with Crippen molar-refractivity contribution >= 4 is 21.7 Å². The zero-order valence-corrected chi connectivity index (χ0v) is 17.2. The van der Waals surface area contributed by atoms with E-state index in [1.165, 1.54) is 0 Å². The van der Waals surface area contributed by atoms with Crippen molar-refractivity contribution in [2.75, 3.05) is 5.33 Å². The summed E-state index contributed by atoms with van der Waals surface area (Å²) in [6, 6.07) is 0. The number of halogens is 3. The Bertz CT molecular complexity index is 570. The number of fused-ring (bicyclic) bond motifs is 5. The molecule has 0 aliphatic heterocycles. The first-order chi connectivity index (χ1) is 12.3. The van der Waals surface area contributed by atoms with Crippen molar-refractivity contribution in [3.8, 4) is 0 Å². The third-order valence-corrected chi connectivity index (χ3v) is 9.52. The van der Waals surface area contributed by atoms with Crippen LogP contribution in [0.2, 0.25) is 0 Å². The van der Waals surface area contributed by atoms with Gasteiger partial charge in [0, 0.05) is 5.92 Å². The van der Waals surface area contributed by atoms with Gasteiger partial charge in [0.2, 0.25) is 0 Å². The Morgan fingerprint density at radius 1 is 1.08 bits per heavy atom. The van der Waals surface area contributed by atoms with Crippen molar-refractivity contribution in [1.29, 1.82) is 0 Å². The Hall–Kier alpha value is -0.0300. The molecule has 0 aromatic rings. The molecule has 0 heterocycles. The molecule has 148 valence electrons. The van der Waals surface area contributed by atoms with Crippen LogP contribution in [0.4, 0.5) is 8.78 Å². The minimum atomic E-state index is -2.62. The van der Waals surface area contributed by atoms with Crippen molar-refractivity contribution in [3.05, 3.63) is 0 Å². The maximum absolute atomic E-state index is 13.3. The summed E-state index contributed by atoms with van der Waals surface area (Å²) in [5.41, 5.74) is -1.62. The second-order valence-electron chi connectivity index (χ2n) is 9.86. The van der Waals surface area contributed by atoms with Gasteiger partial charge in [-0.05, 0) is 92.8 Å². The third-order valence-electron chi connectivity index (χ3n) is 8.97. The van der Waals surface area contributed by atoms with Gasteiger partial charge in [0.05, 0.1) is 5.33 Å². The maximum Gasteiger partial charge on any atom is 0.266 e. The zero-order valence-electron chi connectivity index (χ0n) is 15.6. The quantitative estimate of drug-likeness (QED) is 0.620. The molecule has 0 bridgehead atoms. The first-order valence-electron chi connectivity index (χ1n) is 10.4. The summed E-state index contributed by atoms with van der Waals surface area (Å²) in [6.07, 6.45) is 5.15. The van der Waals surface area contributed by atoms with Gasteiger partial charge in [-0.3, -0.25) is 4.79 Å². The molecular formula is C21H31BrF2O2. The van der Waals surface area contributed by atoms with Crippen molar-refractivity contribution in [2.45, 2.75) is 76.7 Å². The number of aliphatic hydroxyl groups is 1. The summed E-state index contributed by atoms with van der Waals surface area (Å²) < 4.78 is 26.6. The van der Waals surface area contributed by atoms with Crippen molar-refractivity contribution in [1.82, 2.24) is 0 Å². The van der Waals surface area contributed by atoms with E-state index in [0.717, 1.165) is 44.9 Å².